The third-order valence-corrected chi connectivity index (χ3v) is 5.52. The minimum Gasteiger partial charge on any atom is -0.409 e. The molecule has 1 aliphatic rings. The highest BCUT2D eigenvalue weighted by molar-refractivity contribution is 9.10. The first-order chi connectivity index (χ1) is 10.1. The van der Waals surface area contributed by atoms with Crippen LogP contribution < -0.4 is 5.73 Å². The highest BCUT2D eigenvalue weighted by Crippen LogP contribution is 2.24. The molecule has 0 aromatic carbocycles. The molecule has 1 amide bonds. The molecule has 6 nitrogen and oxygen atoms in total. The Hall–Kier alpha value is -1.12. The van der Waals surface area contributed by atoms with Crippen LogP contribution in [0.2, 0.25) is 0 Å². The van der Waals surface area contributed by atoms with Crippen LogP contribution in [-0.2, 0) is 0 Å². The SMILES string of the molecule is CCC(C(N)=NO)N1CCN(C(=O)c2sccc2Br)CC1. The molecule has 21 heavy (non-hydrogen) atoms. The number of hydrogen-bond acceptors (Lipinski definition) is 5. The number of amidine groups is 1. The van der Waals surface area contributed by atoms with Gasteiger partial charge in [0.2, 0.25) is 0 Å². The molecule has 3 N–H and O–H groups in total. The van der Waals surface area contributed by atoms with E-state index in [4.69, 9.17) is 10.9 Å². The van der Waals surface area contributed by atoms with Crippen LogP contribution in [0.25, 0.3) is 0 Å². The highest BCUT2D eigenvalue weighted by atomic mass is 79.9. The zero-order valence-corrected chi connectivity index (χ0v) is 14.2. The molecule has 1 aromatic heterocycles. The number of nitrogens with two attached hydrogens (primary N) is 1. The van der Waals surface area contributed by atoms with Crippen molar-refractivity contribution < 1.29 is 10.0 Å². The van der Waals surface area contributed by atoms with Gasteiger partial charge >= 0.3 is 0 Å². The van der Waals surface area contributed by atoms with Gasteiger partial charge in [-0.15, -0.1) is 11.3 Å². The van der Waals surface area contributed by atoms with Gasteiger partial charge in [-0.05, 0) is 33.8 Å². The van der Waals surface area contributed by atoms with Gasteiger partial charge in [-0.1, -0.05) is 12.1 Å². The summed E-state index contributed by atoms with van der Waals surface area (Å²) in [6.07, 6.45) is 0.778. The second-order valence-corrected chi connectivity index (χ2v) is 6.65. The maximum Gasteiger partial charge on any atom is 0.265 e. The lowest BCUT2D eigenvalue weighted by Crippen LogP contribution is -2.55. The van der Waals surface area contributed by atoms with Crippen LogP contribution in [0.15, 0.2) is 21.1 Å². The molecular formula is C13H19BrN4O2S. The second-order valence-electron chi connectivity index (χ2n) is 4.87. The van der Waals surface area contributed by atoms with Crippen molar-refractivity contribution in [2.24, 2.45) is 10.9 Å². The van der Waals surface area contributed by atoms with Gasteiger partial charge in [0.05, 0.1) is 6.04 Å². The van der Waals surface area contributed by atoms with Crippen LogP contribution in [-0.4, -0.2) is 59.0 Å². The lowest BCUT2D eigenvalue weighted by molar-refractivity contribution is 0.0612. The van der Waals surface area contributed by atoms with Crippen molar-refractivity contribution in [2.75, 3.05) is 26.2 Å². The quantitative estimate of drug-likeness (QED) is 0.364. The Bertz CT molecular complexity index is 526. The molecule has 2 heterocycles. The van der Waals surface area contributed by atoms with Gasteiger partial charge in [-0.25, -0.2) is 0 Å². The minimum atomic E-state index is -0.0688. The average Bonchev–Trinajstić information content (AvgIpc) is 2.94. The molecule has 8 heteroatoms. The molecule has 1 saturated heterocycles. The van der Waals surface area contributed by atoms with Crippen molar-refractivity contribution in [3.63, 3.8) is 0 Å². The third kappa shape index (κ3) is 3.56. The standard InChI is InChI=1S/C13H19BrN4O2S/c1-2-10(12(15)16-20)17-4-6-18(7-5-17)13(19)11-9(14)3-8-21-11/h3,8,10,20H,2,4-7H2,1H3,(H2,15,16). The monoisotopic (exact) mass is 374 g/mol. The minimum absolute atomic E-state index is 0.0633. The number of oxime groups is 1. The van der Waals surface area contributed by atoms with Gasteiger partial charge in [0.25, 0.3) is 5.91 Å². The molecule has 2 rings (SSSR count). The Morgan fingerprint density at radius 2 is 2.19 bits per heavy atom. The molecule has 0 saturated carbocycles. The fourth-order valence-corrected chi connectivity index (χ4v) is 4.06. The van der Waals surface area contributed by atoms with E-state index in [1.54, 1.807) is 0 Å². The second kappa shape index (κ2) is 7.24. The highest BCUT2D eigenvalue weighted by Gasteiger charge is 2.28. The summed E-state index contributed by atoms with van der Waals surface area (Å²) in [6, 6.07) is 1.82. The number of halogens is 1. The van der Waals surface area contributed by atoms with Gasteiger partial charge in [0.1, 0.15) is 4.88 Å². The van der Waals surface area contributed by atoms with E-state index < -0.39 is 0 Å². The largest absolute Gasteiger partial charge is 0.409 e. The number of piperazine rings is 1. The molecule has 0 radical (unpaired) electrons. The van der Waals surface area contributed by atoms with E-state index in [9.17, 15) is 4.79 Å². The summed E-state index contributed by atoms with van der Waals surface area (Å²) in [6.45, 7) is 4.76. The van der Waals surface area contributed by atoms with E-state index in [2.05, 4.69) is 26.0 Å². The van der Waals surface area contributed by atoms with Gasteiger partial charge in [0, 0.05) is 30.7 Å². The predicted octanol–water partition coefficient (Wildman–Crippen LogP) is 1.79. The van der Waals surface area contributed by atoms with Crippen molar-refractivity contribution in [3.05, 3.63) is 20.8 Å². The normalized spacial score (nSPS) is 18.8. The van der Waals surface area contributed by atoms with Crippen molar-refractivity contribution >= 4 is 39.0 Å². The van der Waals surface area contributed by atoms with Crippen LogP contribution in [0.1, 0.15) is 23.0 Å². The zero-order valence-electron chi connectivity index (χ0n) is 11.8. The number of hydrogen-bond donors (Lipinski definition) is 2. The average molecular weight is 375 g/mol. The van der Waals surface area contributed by atoms with Gasteiger partial charge in [0.15, 0.2) is 5.84 Å². The maximum absolute atomic E-state index is 12.4. The molecule has 1 aromatic rings. The molecule has 116 valence electrons. The predicted molar refractivity (Wildman–Crippen MR) is 87.0 cm³/mol. The van der Waals surface area contributed by atoms with Crippen molar-refractivity contribution in [3.8, 4) is 0 Å². The van der Waals surface area contributed by atoms with E-state index in [1.165, 1.54) is 11.3 Å². The summed E-state index contributed by atoms with van der Waals surface area (Å²) in [5.74, 6) is 0.298. The lowest BCUT2D eigenvalue weighted by Gasteiger charge is -2.38. The Morgan fingerprint density at radius 3 is 2.67 bits per heavy atom. The Kier molecular flexibility index (Phi) is 5.60. The fraction of sp³-hybridized carbons (Fsp3) is 0.538. The summed E-state index contributed by atoms with van der Waals surface area (Å²) in [5, 5.41) is 13.8. The Morgan fingerprint density at radius 1 is 1.52 bits per heavy atom. The van der Waals surface area contributed by atoms with E-state index in [-0.39, 0.29) is 17.8 Å². The van der Waals surface area contributed by atoms with E-state index in [0.717, 1.165) is 28.9 Å². The topological polar surface area (TPSA) is 82.2 Å². The van der Waals surface area contributed by atoms with Crippen molar-refractivity contribution in [2.45, 2.75) is 19.4 Å². The number of thiophene rings is 1. The molecule has 1 atom stereocenters. The number of nitrogens with zero attached hydrogens (tertiary/aromatic N) is 3. The first kappa shape index (κ1) is 16.3. The maximum atomic E-state index is 12.4. The fourth-order valence-electron chi connectivity index (χ4n) is 2.55. The van der Waals surface area contributed by atoms with E-state index >= 15 is 0 Å². The van der Waals surface area contributed by atoms with Crippen molar-refractivity contribution in [1.82, 2.24) is 9.80 Å². The summed E-state index contributed by atoms with van der Waals surface area (Å²) < 4.78 is 0.850. The molecule has 0 aliphatic carbocycles. The molecule has 1 fully saturated rings. The molecule has 1 unspecified atom stereocenters. The van der Waals surface area contributed by atoms with Gasteiger partial charge in [-0.3, -0.25) is 9.69 Å². The number of carbonyl (C=O) groups excluding carboxylic acids is 1. The Balaban J connectivity index is 1.97. The van der Waals surface area contributed by atoms with Gasteiger partial charge < -0.3 is 15.8 Å². The molecular weight excluding hydrogens is 356 g/mol. The van der Waals surface area contributed by atoms with Crippen LogP contribution in [0.5, 0.6) is 0 Å². The number of rotatable bonds is 4. The van der Waals surface area contributed by atoms with E-state index in [1.807, 2.05) is 23.3 Å². The third-order valence-electron chi connectivity index (χ3n) is 3.70. The summed E-state index contributed by atoms with van der Waals surface area (Å²) in [5.41, 5.74) is 5.72. The van der Waals surface area contributed by atoms with Crippen LogP contribution >= 0.6 is 27.3 Å². The summed E-state index contributed by atoms with van der Waals surface area (Å²) in [4.78, 5) is 17.2. The zero-order chi connectivity index (χ0) is 15.4. The van der Waals surface area contributed by atoms with Crippen LogP contribution in [0.3, 0.4) is 0 Å². The van der Waals surface area contributed by atoms with Crippen molar-refractivity contribution in [1.29, 1.82) is 0 Å². The lowest BCUT2D eigenvalue weighted by atomic mass is 10.1. The van der Waals surface area contributed by atoms with E-state index in [0.29, 0.717) is 13.1 Å². The number of carbonyl (C=O) groups is 1. The van der Waals surface area contributed by atoms with Crippen LogP contribution in [0, 0.1) is 0 Å². The first-order valence-corrected chi connectivity index (χ1v) is 8.49. The smallest absolute Gasteiger partial charge is 0.265 e. The summed E-state index contributed by atoms with van der Waals surface area (Å²) in [7, 11) is 0. The molecule has 0 spiro atoms. The number of amides is 1. The first-order valence-electron chi connectivity index (χ1n) is 6.82. The Labute approximate surface area is 136 Å². The summed E-state index contributed by atoms with van der Waals surface area (Å²) >= 11 is 4.85. The molecule has 0 bridgehead atoms. The van der Waals surface area contributed by atoms with Gasteiger partial charge in [-0.2, -0.15) is 0 Å². The molecule has 1 aliphatic heterocycles. The van der Waals surface area contributed by atoms with Crippen LogP contribution in [0.4, 0.5) is 0 Å².